The van der Waals surface area contributed by atoms with Crippen LogP contribution in [0.15, 0.2) is 77.7 Å². The molecule has 9 heteroatoms. The number of carbonyl (C=O) groups excluding carboxylic acids is 2. The first kappa shape index (κ1) is 20.0. The third-order valence-electron chi connectivity index (χ3n) is 3.92. The quantitative estimate of drug-likeness (QED) is 0.643. The van der Waals surface area contributed by atoms with Crippen LogP contribution in [0.25, 0.3) is 0 Å². The van der Waals surface area contributed by atoms with E-state index in [2.05, 4.69) is 10.0 Å². The number of aromatic carboxylic acids is 1. The molecule has 3 aromatic rings. The van der Waals surface area contributed by atoms with Crippen LogP contribution < -0.4 is 15.1 Å². The van der Waals surface area contributed by atoms with E-state index < -0.39 is 27.7 Å². The van der Waals surface area contributed by atoms with Crippen molar-refractivity contribution < 1.29 is 27.5 Å². The number of carboxylic acid groups (broad SMARTS) is 1. The molecular formula is C20H14FN2O5S-. The Morgan fingerprint density at radius 2 is 1.52 bits per heavy atom. The van der Waals surface area contributed by atoms with Gasteiger partial charge in [0.2, 0.25) is 0 Å². The van der Waals surface area contributed by atoms with Crippen LogP contribution in [0.1, 0.15) is 20.7 Å². The highest BCUT2D eigenvalue weighted by atomic mass is 32.2. The molecule has 0 aliphatic heterocycles. The maximum atomic E-state index is 13.7. The lowest BCUT2D eigenvalue weighted by molar-refractivity contribution is -0.254. The molecule has 0 bridgehead atoms. The molecule has 148 valence electrons. The average Bonchev–Trinajstić information content (AvgIpc) is 2.70. The Bertz CT molecular complexity index is 1190. The first-order chi connectivity index (χ1) is 13.8. The van der Waals surface area contributed by atoms with E-state index in [0.717, 1.165) is 12.1 Å². The summed E-state index contributed by atoms with van der Waals surface area (Å²) in [6.07, 6.45) is 0. The summed E-state index contributed by atoms with van der Waals surface area (Å²) >= 11 is 0. The topological polar surface area (TPSA) is 115 Å². The van der Waals surface area contributed by atoms with Gasteiger partial charge in [-0.25, -0.2) is 12.8 Å². The maximum absolute atomic E-state index is 13.7. The summed E-state index contributed by atoms with van der Waals surface area (Å²) in [6.45, 7) is 0. The van der Waals surface area contributed by atoms with Gasteiger partial charge in [-0.3, -0.25) is 9.52 Å². The number of nitrogens with one attached hydrogen (secondary N) is 2. The van der Waals surface area contributed by atoms with Gasteiger partial charge in [0, 0.05) is 11.1 Å². The Morgan fingerprint density at radius 3 is 2.21 bits per heavy atom. The lowest BCUT2D eigenvalue weighted by Crippen LogP contribution is -2.25. The van der Waals surface area contributed by atoms with Crippen LogP contribution in [-0.2, 0) is 10.0 Å². The van der Waals surface area contributed by atoms with Gasteiger partial charge < -0.3 is 15.2 Å². The van der Waals surface area contributed by atoms with Crippen LogP contribution in [0.5, 0.6) is 0 Å². The summed E-state index contributed by atoms with van der Waals surface area (Å²) in [4.78, 5) is 23.4. The van der Waals surface area contributed by atoms with Gasteiger partial charge in [-0.1, -0.05) is 36.4 Å². The van der Waals surface area contributed by atoms with E-state index in [0.29, 0.717) is 0 Å². The largest absolute Gasteiger partial charge is 0.545 e. The minimum Gasteiger partial charge on any atom is -0.545 e. The van der Waals surface area contributed by atoms with Gasteiger partial charge in [0.05, 0.1) is 22.2 Å². The summed E-state index contributed by atoms with van der Waals surface area (Å²) in [7, 11) is -4.16. The van der Waals surface area contributed by atoms with Gasteiger partial charge >= 0.3 is 0 Å². The first-order valence-electron chi connectivity index (χ1n) is 8.27. The molecule has 3 aromatic carbocycles. The van der Waals surface area contributed by atoms with Gasteiger partial charge in [-0.2, -0.15) is 0 Å². The fraction of sp³-hybridized carbons (Fsp3) is 0. The number of carboxylic acids is 1. The number of halogens is 1. The highest BCUT2D eigenvalue weighted by Gasteiger charge is 2.18. The number of sulfonamides is 1. The number of benzene rings is 3. The molecule has 29 heavy (non-hydrogen) atoms. The fourth-order valence-electron chi connectivity index (χ4n) is 2.52. The second-order valence-corrected chi connectivity index (χ2v) is 7.58. The molecule has 0 heterocycles. The van der Waals surface area contributed by atoms with Crippen molar-refractivity contribution in [2.24, 2.45) is 0 Å². The number of hydrogen-bond acceptors (Lipinski definition) is 5. The number of hydrogen-bond donors (Lipinski definition) is 2. The normalized spacial score (nSPS) is 10.9. The predicted molar refractivity (Wildman–Crippen MR) is 102 cm³/mol. The van der Waals surface area contributed by atoms with Crippen LogP contribution >= 0.6 is 0 Å². The second-order valence-electron chi connectivity index (χ2n) is 5.90. The Labute approximate surface area is 165 Å². The van der Waals surface area contributed by atoms with E-state index in [4.69, 9.17) is 0 Å². The van der Waals surface area contributed by atoms with E-state index in [-0.39, 0.29) is 27.4 Å². The first-order valence-corrected chi connectivity index (χ1v) is 9.75. The van der Waals surface area contributed by atoms with E-state index in [9.17, 15) is 27.5 Å². The van der Waals surface area contributed by atoms with Gasteiger partial charge in [0.15, 0.2) is 0 Å². The lowest BCUT2D eigenvalue weighted by atomic mass is 10.1. The van der Waals surface area contributed by atoms with Crippen molar-refractivity contribution in [3.63, 3.8) is 0 Å². The monoisotopic (exact) mass is 413 g/mol. The zero-order chi connectivity index (χ0) is 21.0. The molecule has 2 N–H and O–H groups in total. The van der Waals surface area contributed by atoms with Crippen molar-refractivity contribution in [3.8, 4) is 0 Å². The zero-order valence-corrected chi connectivity index (χ0v) is 15.6. The Kier molecular flexibility index (Phi) is 5.60. The van der Waals surface area contributed by atoms with Crippen molar-refractivity contribution in [2.75, 3.05) is 10.0 Å². The fourth-order valence-corrected chi connectivity index (χ4v) is 3.63. The minimum absolute atomic E-state index is 0.00948. The molecule has 0 atom stereocenters. The van der Waals surface area contributed by atoms with Crippen molar-refractivity contribution in [2.45, 2.75) is 4.90 Å². The summed E-state index contributed by atoms with van der Waals surface area (Å²) in [6, 6.07) is 16.0. The average molecular weight is 413 g/mol. The van der Waals surface area contributed by atoms with E-state index in [1.807, 2.05) is 0 Å². The molecule has 0 aromatic heterocycles. The third-order valence-corrected chi connectivity index (χ3v) is 5.28. The number of rotatable bonds is 6. The number of carbonyl (C=O) groups is 2. The van der Waals surface area contributed by atoms with Crippen LogP contribution in [0.3, 0.4) is 0 Å². The molecule has 0 saturated carbocycles. The standard InChI is InChI=1S/C20H15FN2O5S/c21-16-9-2-4-11-18(16)23-29(27,28)14-7-5-6-13(12-14)19(24)22-17-10-3-1-8-15(17)20(25)26/h1-12,23H,(H,22,24)(H,25,26)/p-1. The van der Waals surface area contributed by atoms with Gasteiger partial charge in [-0.05, 0) is 36.4 Å². The van der Waals surface area contributed by atoms with Crippen molar-refractivity contribution in [1.82, 2.24) is 0 Å². The molecule has 0 unspecified atom stereocenters. The number of amides is 1. The molecular weight excluding hydrogens is 399 g/mol. The molecule has 0 aliphatic carbocycles. The smallest absolute Gasteiger partial charge is 0.262 e. The molecule has 0 spiro atoms. The molecule has 0 aliphatic rings. The molecule has 0 fully saturated rings. The van der Waals surface area contributed by atoms with E-state index in [1.165, 1.54) is 60.7 Å². The lowest BCUT2D eigenvalue weighted by Gasteiger charge is -2.13. The number of anilines is 2. The molecule has 7 nitrogen and oxygen atoms in total. The van der Waals surface area contributed by atoms with Crippen LogP contribution in [0, 0.1) is 5.82 Å². The van der Waals surface area contributed by atoms with Gasteiger partial charge in [-0.15, -0.1) is 0 Å². The van der Waals surface area contributed by atoms with Crippen LogP contribution in [0.2, 0.25) is 0 Å². The Hall–Kier alpha value is -3.72. The molecule has 3 rings (SSSR count). The predicted octanol–water partition coefficient (Wildman–Crippen LogP) is 2.24. The third kappa shape index (κ3) is 4.58. The van der Waals surface area contributed by atoms with Crippen molar-refractivity contribution in [3.05, 3.63) is 89.7 Å². The zero-order valence-electron chi connectivity index (χ0n) is 14.8. The highest BCUT2D eigenvalue weighted by Crippen LogP contribution is 2.21. The van der Waals surface area contributed by atoms with Crippen LogP contribution in [-0.4, -0.2) is 20.3 Å². The summed E-state index contributed by atoms with van der Waals surface area (Å²) in [5.74, 6) is -2.93. The van der Waals surface area contributed by atoms with Crippen molar-refractivity contribution >= 4 is 33.3 Å². The SMILES string of the molecule is O=C(Nc1ccccc1C(=O)[O-])c1cccc(S(=O)(=O)Nc2ccccc2F)c1. The second kappa shape index (κ2) is 8.11. The summed E-state index contributed by atoms with van der Waals surface area (Å²) in [5.41, 5.74) is -0.471. The molecule has 0 saturated heterocycles. The summed E-state index contributed by atoms with van der Waals surface area (Å²) < 4.78 is 40.9. The van der Waals surface area contributed by atoms with Gasteiger partial charge in [0.25, 0.3) is 15.9 Å². The molecule has 1 amide bonds. The van der Waals surface area contributed by atoms with Crippen molar-refractivity contribution in [1.29, 1.82) is 0 Å². The Balaban J connectivity index is 1.87. The molecule has 0 radical (unpaired) electrons. The van der Waals surface area contributed by atoms with E-state index >= 15 is 0 Å². The summed E-state index contributed by atoms with van der Waals surface area (Å²) in [5, 5.41) is 13.6. The Morgan fingerprint density at radius 1 is 0.862 bits per heavy atom. The highest BCUT2D eigenvalue weighted by molar-refractivity contribution is 7.92. The minimum atomic E-state index is -4.16. The van der Waals surface area contributed by atoms with E-state index in [1.54, 1.807) is 0 Å². The van der Waals surface area contributed by atoms with Gasteiger partial charge in [0.1, 0.15) is 5.82 Å². The number of para-hydroxylation sites is 2. The van der Waals surface area contributed by atoms with Crippen LogP contribution in [0.4, 0.5) is 15.8 Å². The maximum Gasteiger partial charge on any atom is 0.262 e.